The predicted octanol–water partition coefficient (Wildman–Crippen LogP) is 3.11. The summed E-state index contributed by atoms with van der Waals surface area (Å²) < 4.78 is 51.7. The molecule has 11 heteroatoms. The van der Waals surface area contributed by atoms with Crippen molar-refractivity contribution in [3.05, 3.63) is 11.8 Å². The third kappa shape index (κ3) is 10.6. The van der Waals surface area contributed by atoms with E-state index in [0.29, 0.717) is 32.0 Å². The Balaban J connectivity index is 2.12. The standard InChI is InChI=1S/C25H48O10Si/c1-18(9-10-29-15-27-4)22(31-16-28-5)24(32-17-30-11-12-36(6,7)8)20-13-19(26)23(34-20)21-14-33-25(2,3)35-21/h13,18-19,21-24,26H,9-12,14-17H2,1-8H3/t18-,19-,21+,22-,23+,24+/m1/s1. The van der Waals surface area contributed by atoms with Gasteiger partial charge < -0.3 is 47.7 Å². The Morgan fingerprint density at radius 1 is 1.06 bits per heavy atom. The van der Waals surface area contributed by atoms with Crippen molar-refractivity contribution in [1.29, 1.82) is 0 Å². The van der Waals surface area contributed by atoms with Crippen LogP contribution in [0.25, 0.3) is 0 Å². The molecular formula is C25H48O10Si. The van der Waals surface area contributed by atoms with E-state index in [1.807, 2.05) is 13.8 Å². The molecule has 0 aromatic rings. The topological polar surface area (TPSA) is 103 Å². The molecule has 36 heavy (non-hydrogen) atoms. The first-order valence-corrected chi connectivity index (χ1v) is 16.4. The lowest BCUT2D eigenvalue weighted by atomic mass is 9.95. The molecule has 2 aliphatic heterocycles. The first-order valence-electron chi connectivity index (χ1n) is 12.7. The fourth-order valence-electron chi connectivity index (χ4n) is 4.03. The minimum Gasteiger partial charge on any atom is -0.486 e. The molecule has 0 spiro atoms. The van der Waals surface area contributed by atoms with Crippen LogP contribution in [0.4, 0.5) is 0 Å². The zero-order valence-corrected chi connectivity index (χ0v) is 24.3. The van der Waals surface area contributed by atoms with Gasteiger partial charge in [-0.15, -0.1) is 0 Å². The van der Waals surface area contributed by atoms with Crippen LogP contribution in [-0.4, -0.2) is 104 Å². The van der Waals surface area contributed by atoms with Crippen molar-refractivity contribution in [2.45, 2.75) is 89.2 Å². The number of rotatable bonds is 18. The smallest absolute Gasteiger partial charge is 0.163 e. The van der Waals surface area contributed by atoms with E-state index in [-0.39, 0.29) is 26.3 Å². The van der Waals surface area contributed by atoms with Crippen LogP contribution in [-0.2, 0) is 42.6 Å². The monoisotopic (exact) mass is 536 g/mol. The van der Waals surface area contributed by atoms with Crippen LogP contribution in [0, 0.1) is 5.92 Å². The van der Waals surface area contributed by atoms with Crippen molar-refractivity contribution in [3.63, 3.8) is 0 Å². The average molecular weight is 537 g/mol. The van der Waals surface area contributed by atoms with Gasteiger partial charge in [0.25, 0.3) is 0 Å². The molecule has 0 amide bonds. The van der Waals surface area contributed by atoms with E-state index in [1.54, 1.807) is 20.3 Å². The molecule has 6 atom stereocenters. The summed E-state index contributed by atoms with van der Waals surface area (Å²) in [4.78, 5) is 0. The number of aliphatic hydroxyl groups is 1. The zero-order chi connectivity index (χ0) is 26.8. The minimum absolute atomic E-state index is 0.00896. The van der Waals surface area contributed by atoms with Gasteiger partial charge in [0.15, 0.2) is 11.9 Å². The summed E-state index contributed by atoms with van der Waals surface area (Å²) in [5.74, 6) is -0.229. The van der Waals surface area contributed by atoms with Gasteiger partial charge in [-0.3, -0.25) is 0 Å². The summed E-state index contributed by atoms with van der Waals surface area (Å²) in [5.41, 5.74) is 0. The maximum Gasteiger partial charge on any atom is 0.163 e. The Kier molecular flexibility index (Phi) is 13.3. The maximum atomic E-state index is 10.8. The SMILES string of the molecule is COCOCC[C@@H](C)[C@@H](OCOC)[C@@H](OCOCC[Si](C)(C)C)C1=C[C@@H](O)[C@@H]([C@@H]2COC(C)(C)O2)O1. The van der Waals surface area contributed by atoms with Gasteiger partial charge in [0.1, 0.15) is 44.4 Å². The number of aliphatic hydroxyl groups excluding tert-OH is 1. The maximum absolute atomic E-state index is 10.8. The zero-order valence-electron chi connectivity index (χ0n) is 23.3. The van der Waals surface area contributed by atoms with E-state index in [4.69, 9.17) is 42.6 Å². The molecule has 2 aliphatic rings. The van der Waals surface area contributed by atoms with Gasteiger partial charge in [0, 0.05) is 35.5 Å². The number of methoxy groups -OCH3 is 2. The molecule has 0 radical (unpaired) electrons. The minimum atomic E-state index is -1.23. The second-order valence-corrected chi connectivity index (χ2v) is 16.7. The van der Waals surface area contributed by atoms with Crippen LogP contribution in [0.5, 0.6) is 0 Å². The first kappa shape index (κ1) is 31.6. The van der Waals surface area contributed by atoms with Gasteiger partial charge in [-0.05, 0) is 38.3 Å². The van der Waals surface area contributed by atoms with Crippen LogP contribution in [0.15, 0.2) is 11.8 Å². The molecule has 1 fully saturated rings. The van der Waals surface area contributed by atoms with Crippen molar-refractivity contribution in [2.24, 2.45) is 5.92 Å². The second-order valence-electron chi connectivity index (χ2n) is 11.1. The van der Waals surface area contributed by atoms with E-state index in [9.17, 15) is 5.11 Å². The van der Waals surface area contributed by atoms with E-state index in [0.717, 1.165) is 6.04 Å². The normalized spacial score (nSPS) is 26.5. The Hall–Kier alpha value is -0.603. The van der Waals surface area contributed by atoms with Crippen molar-refractivity contribution in [3.8, 4) is 0 Å². The summed E-state index contributed by atoms with van der Waals surface area (Å²) in [6.07, 6.45) is -0.583. The average Bonchev–Trinajstić information content (AvgIpc) is 3.35. The van der Waals surface area contributed by atoms with Gasteiger partial charge in [-0.2, -0.15) is 0 Å². The lowest BCUT2D eigenvalue weighted by molar-refractivity contribution is -0.184. The lowest BCUT2D eigenvalue weighted by Crippen LogP contribution is -2.42. The van der Waals surface area contributed by atoms with Crippen LogP contribution in [0.2, 0.25) is 25.7 Å². The second kappa shape index (κ2) is 15.1. The number of hydrogen-bond donors (Lipinski definition) is 1. The highest BCUT2D eigenvalue weighted by Crippen LogP contribution is 2.34. The van der Waals surface area contributed by atoms with Gasteiger partial charge in [0.05, 0.1) is 12.7 Å². The highest BCUT2D eigenvalue weighted by Gasteiger charge is 2.46. The molecule has 0 saturated carbocycles. The largest absolute Gasteiger partial charge is 0.486 e. The third-order valence-electron chi connectivity index (χ3n) is 6.10. The van der Waals surface area contributed by atoms with E-state index in [1.165, 1.54) is 0 Å². The summed E-state index contributed by atoms with van der Waals surface area (Å²) in [5, 5.41) is 10.8. The molecule has 0 aliphatic carbocycles. The van der Waals surface area contributed by atoms with Gasteiger partial charge in [0.2, 0.25) is 0 Å². The van der Waals surface area contributed by atoms with Crippen LogP contribution in [0.1, 0.15) is 27.2 Å². The van der Waals surface area contributed by atoms with Gasteiger partial charge in [-0.25, -0.2) is 0 Å². The van der Waals surface area contributed by atoms with Crippen molar-refractivity contribution in [2.75, 3.05) is 54.4 Å². The quantitative estimate of drug-likeness (QED) is 0.160. The third-order valence-corrected chi connectivity index (χ3v) is 7.81. The molecule has 212 valence electrons. The molecule has 1 saturated heterocycles. The van der Waals surface area contributed by atoms with E-state index < -0.39 is 44.4 Å². The molecule has 1 N–H and O–H groups in total. The van der Waals surface area contributed by atoms with Crippen LogP contribution in [0.3, 0.4) is 0 Å². The highest BCUT2D eigenvalue weighted by molar-refractivity contribution is 6.76. The molecule has 10 nitrogen and oxygen atoms in total. The Labute approximate surface area is 217 Å². The lowest BCUT2D eigenvalue weighted by Gasteiger charge is -2.33. The highest BCUT2D eigenvalue weighted by atomic mass is 28.3. The van der Waals surface area contributed by atoms with Gasteiger partial charge in [-0.1, -0.05) is 26.6 Å². The molecule has 0 aromatic carbocycles. The predicted molar refractivity (Wildman–Crippen MR) is 136 cm³/mol. The molecule has 0 bridgehead atoms. The van der Waals surface area contributed by atoms with E-state index >= 15 is 0 Å². The van der Waals surface area contributed by atoms with Crippen LogP contribution >= 0.6 is 0 Å². The molecule has 2 heterocycles. The molecule has 0 aromatic heterocycles. The summed E-state index contributed by atoms with van der Waals surface area (Å²) >= 11 is 0. The van der Waals surface area contributed by atoms with Crippen molar-refractivity contribution >= 4 is 8.07 Å². The summed E-state index contributed by atoms with van der Waals surface area (Å²) in [6, 6.07) is 1.03. The fourth-order valence-corrected chi connectivity index (χ4v) is 4.79. The molecule has 0 unspecified atom stereocenters. The molecular weight excluding hydrogens is 488 g/mol. The Bertz CT molecular complexity index is 653. The molecule has 2 rings (SSSR count). The Morgan fingerprint density at radius 3 is 2.36 bits per heavy atom. The summed E-state index contributed by atoms with van der Waals surface area (Å²) in [6.45, 7) is 14.5. The van der Waals surface area contributed by atoms with Crippen molar-refractivity contribution in [1.82, 2.24) is 0 Å². The first-order chi connectivity index (χ1) is 17.0. The van der Waals surface area contributed by atoms with E-state index in [2.05, 4.69) is 26.6 Å². The van der Waals surface area contributed by atoms with Gasteiger partial charge >= 0.3 is 0 Å². The van der Waals surface area contributed by atoms with Crippen molar-refractivity contribution < 1.29 is 47.7 Å². The Morgan fingerprint density at radius 2 is 1.75 bits per heavy atom. The fraction of sp³-hybridized carbons (Fsp3) is 0.920. The van der Waals surface area contributed by atoms with Crippen LogP contribution < -0.4 is 0 Å². The number of hydrogen-bond acceptors (Lipinski definition) is 10. The number of ether oxygens (including phenoxy) is 9. The summed E-state index contributed by atoms with van der Waals surface area (Å²) in [7, 11) is 1.94.